The summed E-state index contributed by atoms with van der Waals surface area (Å²) >= 11 is 0. The minimum Gasteiger partial charge on any atom is -0.496 e. The van der Waals surface area contributed by atoms with Crippen molar-refractivity contribution < 1.29 is 22.6 Å². The first-order chi connectivity index (χ1) is 13.4. The smallest absolute Gasteiger partial charge is 0.422 e. The second-order valence-corrected chi connectivity index (χ2v) is 5.79. The molecule has 0 amide bonds. The van der Waals surface area contributed by atoms with E-state index in [0.717, 1.165) is 17.7 Å². The maximum absolute atomic E-state index is 12.4. The van der Waals surface area contributed by atoms with E-state index in [4.69, 9.17) is 9.47 Å². The molecule has 6 nitrogen and oxygen atoms in total. The number of hydrogen-bond acceptors (Lipinski definition) is 4. The minimum atomic E-state index is -4.42. The van der Waals surface area contributed by atoms with Gasteiger partial charge in [-0.2, -0.15) is 13.2 Å². The van der Waals surface area contributed by atoms with Crippen LogP contribution in [0.15, 0.2) is 47.6 Å². The van der Waals surface area contributed by atoms with Crippen LogP contribution < -0.4 is 20.1 Å². The van der Waals surface area contributed by atoms with E-state index in [1.807, 2.05) is 24.3 Å². The number of nitrogens with zero attached hydrogens (tertiary/aromatic N) is 2. The van der Waals surface area contributed by atoms with Gasteiger partial charge in [0.15, 0.2) is 12.6 Å². The van der Waals surface area contributed by atoms with Crippen molar-refractivity contribution in [2.75, 3.05) is 27.3 Å². The van der Waals surface area contributed by atoms with Gasteiger partial charge in [0.05, 0.1) is 7.11 Å². The van der Waals surface area contributed by atoms with Crippen LogP contribution >= 0.6 is 0 Å². The monoisotopic (exact) mass is 396 g/mol. The quantitative estimate of drug-likeness (QED) is 0.531. The molecule has 0 saturated heterocycles. The van der Waals surface area contributed by atoms with Gasteiger partial charge in [0.2, 0.25) is 5.88 Å². The standard InChI is InChI=1S/C19H23F3N4O2/c1-23-18(25-11-9-14-6-3-4-8-16(14)27-2)26-12-15-7-5-10-24-17(15)28-13-19(20,21)22/h3-8,10H,9,11-13H2,1-2H3,(H2,23,25,26). The zero-order valence-corrected chi connectivity index (χ0v) is 15.7. The Morgan fingerprint density at radius 1 is 1.11 bits per heavy atom. The summed E-state index contributed by atoms with van der Waals surface area (Å²) in [5, 5.41) is 6.20. The van der Waals surface area contributed by atoms with Crippen molar-refractivity contribution in [2.24, 2.45) is 4.99 Å². The maximum Gasteiger partial charge on any atom is 0.422 e. The fourth-order valence-corrected chi connectivity index (χ4v) is 2.46. The molecule has 1 heterocycles. The molecule has 152 valence electrons. The zero-order valence-electron chi connectivity index (χ0n) is 15.7. The zero-order chi connectivity index (χ0) is 20.4. The molecule has 0 spiro atoms. The molecule has 2 aromatic rings. The summed E-state index contributed by atoms with van der Waals surface area (Å²) in [6.45, 7) is -0.567. The summed E-state index contributed by atoms with van der Waals surface area (Å²) in [5.74, 6) is 1.27. The summed E-state index contributed by atoms with van der Waals surface area (Å²) in [6.07, 6.45) is -2.31. The van der Waals surface area contributed by atoms with Gasteiger partial charge in [-0.3, -0.25) is 4.99 Å². The molecule has 28 heavy (non-hydrogen) atoms. The van der Waals surface area contributed by atoms with Crippen molar-refractivity contribution in [3.63, 3.8) is 0 Å². The highest BCUT2D eigenvalue weighted by Crippen LogP contribution is 2.20. The molecular weight excluding hydrogens is 373 g/mol. The SMILES string of the molecule is CN=C(NCCc1ccccc1OC)NCc1cccnc1OCC(F)(F)F. The molecule has 2 N–H and O–H groups in total. The molecule has 0 bridgehead atoms. The number of hydrogen-bond donors (Lipinski definition) is 2. The molecule has 0 atom stereocenters. The molecule has 0 fully saturated rings. The van der Waals surface area contributed by atoms with Crippen molar-refractivity contribution in [1.29, 1.82) is 0 Å². The third kappa shape index (κ3) is 6.98. The van der Waals surface area contributed by atoms with Crippen LogP contribution in [0.2, 0.25) is 0 Å². The summed E-state index contributed by atoms with van der Waals surface area (Å²) in [5.41, 5.74) is 1.56. The van der Waals surface area contributed by atoms with Crippen LogP contribution in [0, 0.1) is 0 Å². The highest BCUT2D eigenvalue weighted by molar-refractivity contribution is 5.79. The highest BCUT2D eigenvalue weighted by Gasteiger charge is 2.29. The van der Waals surface area contributed by atoms with Gasteiger partial charge in [-0.25, -0.2) is 4.98 Å². The largest absolute Gasteiger partial charge is 0.496 e. The maximum atomic E-state index is 12.4. The number of guanidine groups is 1. The van der Waals surface area contributed by atoms with Crippen LogP contribution in [0.25, 0.3) is 0 Å². The van der Waals surface area contributed by atoms with E-state index in [-0.39, 0.29) is 12.4 Å². The average molecular weight is 396 g/mol. The molecule has 1 aromatic carbocycles. The van der Waals surface area contributed by atoms with Crippen molar-refractivity contribution in [1.82, 2.24) is 15.6 Å². The lowest BCUT2D eigenvalue weighted by Gasteiger charge is -2.15. The molecule has 0 saturated carbocycles. The molecular formula is C19H23F3N4O2. The van der Waals surface area contributed by atoms with Gasteiger partial charge in [0.25, 0.3) is 0 Å². The molecule has 0 unspecified atom stereocenters. The van der Waals surface area contributed by atoms with Gasteiger partial charge in [0.1, 0.15) is 5.75 Å². The second-order valence-electron chi connectivity index (χ2n) is 5.79. The lowest BCUT2D eigenvalue weighted by atomic mass is 10.1. The molecule has 2 rings (SSSR count). The predicted octanol–water partition coefficient (Wildman–Crippen LogP) is 2.94. The number of nitrogens with one attached hydrogen (secondary N) is 2. The third-order valence-corrected chi connectivity index (χ3v) is 3.77. The molecule has 0 aliphatic heterocycles. The number of halogens is 3. The van der Waals surface area contributed by atoms with E-state index in [1.54, 1.807) is 26.3 Å². The van der Waals surface area contributed by atoms with Gasteiger partial charge in [-0.15, -0.1) is 0 Å². The molecule has 0 aliphatic carbocycles. The van der Waals surface area contributed by atoms with Crippen LogP contribution in [-0.4, -0.2) is 44.4 Å². The van der Waals surface area contributed by atoms with E-state index in [2.05, 4.69) is 20.6 Å². The number of benzene rings is 1. The number of aromatic nitrogens is 1. The highest BCUT2D eigenvalue weighted by atomic mass is 19.4. The Morgan fingerprint density at radius 2 is 1.86 bits per heavy atom. The Hall–Kier alpha value is -2.97. The van der Waals surface area contributed by atoms with Crippen molar-refractivity contribution in [2.45, 2.75) is 19.1 Å². The first-order valence-electron chi connectivity index (χ1n) is 8.63. The molecule has 0 radical (unpaired) electrons. The van der Waals surface area contributed by atoms with E-state index in [0.29, 0.717) is 18.1 Å². The first kappa shape index (κ1) is 21.3. The van der Waals surface area contributed by atoms with Crippen molar-refractivity contribution >= 4 is 5.96 Å². The fraction of sp³-hybridized carbons (Fsp3) is 0.368. The fourth-order valence-electron chi connectivity index (χ4n) is 2.46. The normalized spacial score (nSPS) is 11.8. The first-order valence-corrected chi connectivity index (χ1v) is 8.63. The van der Waals surface area contributed by atoms with Crippen LogP contribution in [0.1, 0.15) is 11.1 Å². The average Bonchev–Trinajstić information content (AvgIpc) is 2.69. The van der Waals surface area contributed by atoms with E-state index >= 15 is 0 Å². The van der Waals surface area contributed by atoms with Crippen LogP contribution in [0.5, 0.6) is 11.6 Å². The predicted molar refractivity (Wildman–Crippen MR) is 101 cm³/mol. The van der Waals surface area contributed by atoms with Crippen molar-refractivity contribution in [3.8, 4) is 11.6 Å². The van der Waals surface area contributed by atoms with Gasteiger partial charge < -0.3 is 20.1 Å². The summed E-state index contributed by atoms with van der Waals surface area (Å²) in [7, 11) is 3.24. The Kier molecular flexibility index (Phi) is 7.91. The second kappa shape index (κ2) is 10.4. The van der Waals surface area contributed by atoms with Crippen LogP contribution in [0.4, 0.5) is 13.2 Å². The lowest BCUT2D eigenvalue weighted by molar-refractivity contribution is -0.154. The summed E-state index contributed by atoms with van der Waals surface area (Å²) in [4.78, 5) is 7.98. The molecule has 0 aliphatic rings. The Labute approximate surface area is 161 Å². The number of alkyl halides is 3. The molecule has 9 heteroatoms. The third-order valence-electron chi connectivity index (χ3n) is 3.77. The molecule has 1 aromatic heterocycles. The van der Waals surface area contributed by atoms with E-state index in [9.17, 15) is 13.2 Å². The number of pyridine rings is 1. The summed E-state index contributed by atoms with van der Waals surface area (Å²) < 4.78 is 47.2. The topological polar surface area (TPSA) is 67.8 Å². The van der Waals surface area contributed by atoms with Gasteiger partial charge in [-0.05, 0) is 24.1 Å². The van der Waals surface area contributed by atoms with Gasteiger partial charge >= 0.3 is 6.18 Å². The summed E-state index contributed by atoms with van der Waals surface area (Å²) in [6, 6.07) is 11.0. The van der Waals surface area contributed by atoms with E-state index < -0.39 is 12.8 Å². The van der Waals surface area contributed by atoms with Crippen molar-refractivity contribution in [3.05, 3.63) is 53.7 Å². The number of methoxy groups -OCH3 is 1. The number of rotatable bonds is 8. The minimum absolute atomic E-state index is 0.0585. The van der Waals surface area contributed by atoms with Crippen LogP contribution in [-0.2, 0) is 13.0 Å². The van der Waals surface area contributed by atoms with Gasteiger partial charge in [0, 0.05) is 31.9 Å². The van der Waals surface area contributed by atoms with Crippen LogP contribution in [0.3, 0.4) is 0 Å². The Balaban J connectivity index is 1.87. The number of para-hydroxylation sites is 1. The van der Waals surface area contributed by atoms with E-state index in [1.165, 1.54) is 6.20 Å². The van der Waals surface area contributed by atoms with Gasteiger partial charge in [-0.1, -0.05) is 24.3 Å². The lowest BCUT2D eigenvalue weighted by Crippen LogP contribution is -2.38. The number of aliphatic imine (C=N–C) groups is 1. The Morgan fingerprint density at radius 3 is 2.57 bits per heavy atom. The Bertz CT molecular complexity index is 782. The number of ether oxygens (including phenoxy) is 2.